The average Bonchev–Trinajstić information content (AvgIpc) is 2.86. The monoisotopic (exact) mass is 295 g/mol. The molecule has 120 valence electrons. The number of hydrogen-bond donors (Lipinski definition) is 2. The minimum Gasteiger partial charge on any atom is -0.388 e. The number of guanidine groups is 1. The fourth-order valence-corrected chi connectivity index (χ4v) is 3.72. The SMILES string of the molecule is CCNC(=NCC1(O)CCC1)N1CCC2(CCOCC2)C1. The van der Waals surface area contributed by atoms with Crippen LogP contribution in [0.3, 0.4) is 0 Å². The normalized spacial score (nSPS) is 27.7. The molecule has 1 saturated carbocycles. The van der Waals surface area contributed by atoms with Gasteiger partial charge in [0.25, 0.3) is 0 Å². The summed E-state index contributed by atoms with van der Waals surface area (Å²) in [7, 11) is 0. The number of rotatable bonds is 3. The molecule has 0 aromatic rings. The summed E-state index contributed by atoms with van der Waals surface area (Å²) >= 11 is 0. The van der Waals surface area contributed by atoms with Gasteiger partial charge in [0.1, 0.15) is 0 Å². The predicted molar refractivity (Wildman–Crippen MR) is 83.5 cm³/mol. The van der Waals surface area contributed by atoms with E-state index in [0.717, 1.165) is 58.1 Å². The quantitative estimate of drug-likeness (QED) is 0.610. The second-order valence-electron chi connectivity index (χ2n) is 7.03. The van der Waals surface area contributed by atoms with Crippen molar-refractivity contribution in [1.82, 2.24) is 10.2 Å². The molecule has 0 atom stereocenters. The minimum absolute atomic E-state index is 0.432. The first-order valence-electron chi connectivity index (χ1n) is 8.48. The lowest BCUT2D eigenvalue weighted by Crippen LogP contribution is -2.45. The second-order valence-corrected chi connectivity index (χ2v) is 7.03. The molecule has 0 bridgehead atoms. The van der Waals surface area contributed by atoms with Crippen LogP contribution < -0.4 is 5.32 Å². The molecule has 0 amide bonds. The molecule has 2 heterocycles. The molecule has 0 aromatic carbocycles. The van der Waals surface area contributed by atoms with Gasteiger partial charge in [-0.05, 0) is 50.9 Å². The maximum Gasteiger partial charge on any atom is 0.194 e. The lowest BCUT2D eigenvalue weighted by atomic mass is 9.80. The van der Waals surface area contributed by atoms with Crippen molar-refractivity contribution in [3.05, 3.63) is 0 Å². The highest BCUT2D eigenvalue weighted by atomic mass is 16.5. The van der Waals surface area contributed by atoms with Crippen molar-refractivity contribution in [2.24, 2.45) is 10.4 Å². The molecular formula is C16H29N3O2. The van der Waals surface area contributed by atoms with Gasteiger partial charge < -0.3 is 20.1 Å². The number of hydrogen-bond acceptors (Lipinski definition) is 3. The molecule has 0 unspecified atom stereocenters. The van der Waals surface area contributed by atoms with Gasteiger partial charge in [-0.25, -0.2) is 0 Å². The van der Waals surface area contributed by atoms with E-state index in [2.05, 4.69) is 17.1 Å². The fourth-order valence-electron chi connectivity index (χ4n) is 3.72. The predicted octanol–water partition coefficient (Wildman–Crippen LogP) is 1.37. The molecule has 2 N–H and O–H groups in total. The smallest absolute Gasteiger partial charge is 0.194 e. The zero-order valence-electron chi connectivity index (χ0n) is 13.2. The zero-order valence-corrected chi connectivity index (χ0v) is 13.2. The van der Waals surface area contributed by atoms with Gasteiger partial charge in [-0.2, -0.15) is 0 Å². The molecule has 0 radical (unpaired) electrons. The van der Waals surface area contributed by atoms with Gasteiger partial charge in [0.05, 0.1) is 12.1 Å². The summed E-state index contributed by atoms with van der Waals surface area (Å²) in [5.41, 5.74) is -0.0986. The summed E-state index contributed by atoms with van der Waals surface area (Å²) < 4.78 is 5.52. The second kappa shape index (κ2) is 6.13. The largest absolute Gasteiger partial charge is 0.388 e. The Bertz CT molecular complexity index is 387. The van der Waals surface area contributed by atoms with Crippen molar-refractivity contribution in [2.45, 2.75) is 51.0 Å². The highest BCUT2D eigenvalue weighted by Crippen LogP contribution is 2.39. The Kier molecular flexibility index (Phi) is 4.41. The van der Waals surface area contributed by atoms with Crippen LogP contribution in [-0.2, 0) is 4.74 Å². The minimum atomic E-state index is -0.531. The van der Waals surface area contributed by atoms with Crippen LogP contribution in [0.5, 0.6) is 0 Å². The van der Waals surface area contributed by atoms with Crippen molar-refractivity contribution in [2.75, 3.05) is 39.4 Å². The van der Waals surface area contributed by atoms with E-state index in [0.29, 0.717) is 12.0 Å². The van der Waals surface area contributed by atoms with Crippen LogP contribution in [0.2, 0.25) is 0 Å². The number of nitrogens with zero attached hydrogens (tertiary/aromatic N) is 2. The molecule has 0 aromatic heterocycles. The fraction of sp³-hybridized carbons (Fsp3) is 0.938. The summed E-state index contributed by atoms with van der Waals surface area (Å²) in [4.78, 5) is 7.10. The van der Waals surface area contributed by atoms with Crippen LogP contribution in [0.1, 0.15) is 45.4 Å². The molecule has 2 aliphatic heterocycles. The first-order valence-corrected chi connectivity index (χ1v) is 8.48. The van der Waals surface area contributed by atoms with Gasteiger partial charge in [-0.1, -0.05) is 0 Å². The van der Waals surface area contributed by atoms with Gasteiger partial charge in [0.2, 0.25) is 0 Å². The zero-order chi connectivity index (χ0) is 14.8. The van der Waals surface area contributed by atoms with Crippen LogP contribution >= 0.6 is 0 Å². The van der Waals surface area contributed by atoms with E-state index in [4.69, 9.17) is 9.73 Å². The molecular weight excluding hydrogens is 266 g/mol. The molecule has 3 aliphatic rings. The van der Waals surface area contributed by atoms with E-state index >= 15 is 0 Å². The van der Waals surface area contributed by atoms with Crippen LogP contribution in [0.15, 0.2) is 4.99 Å². The number of ether oxygens (including phenoxy) is 1. The molecule has 1 spiro atoms. The highest BCUT2D eigenvalue weighted by Gasteiger charge is 2.40. The third kappa shape index (κ3) is 3.34. The van der Waals surface area contributed by atoms with E-state index in [1.807, 2.05) is 0 Å². The summed E-state index contributed by atoms with van der Waals surface area (Å²) in [5, 5.41) is 13.6. The Morgan fingerprint density at radius 1 is 1.24 bits per heavy atom. The molecule has 3 fully saturated rings. The molecule has 3 rings (SSSR count). The van der Waals surface area contributed by atoms with Crippen molar-refractivity contribution in [3.63, 3.8) is 0 Å². The summed E-state index contributed by atoms with van der Waals surface area (Å²) in [6.45, 7) is 7.49. The molecule has 5 nitrogen and oxygen atoms in total. The van der Waals surface area contributed by atoms with Crippen LogP contribution in [0.25, 0.3) is 0 Å². The van der Waals surface area contributed by atoms with Crippen LogP contribution in [0, 0.1) is 5.41 Å². The highest BCUT2D eigenvalue weighted by molar-refractivity contribution is 5.80. The van der Waals surface area contributed by atoms with Crippen molar-refractivity contribution in [3.8, 4) is 0 Å². The molecule has 5 heteroatoms. The van der Waals surface area contributed by atoms with Crippen LogP contribution in [0.4, 0.5) is 0 Å². The lowest BCUT2D eigenvalue weighted by molar-refractivity contribution is -0.0237. The molecule has 21 heavy (non-hydrogen) atoms. The summed E-state index contributed by atoms with van der Waals surface area (Å²) in [5.74, 6) is 0.987. The van der Waals surface area contributed by atoms with Gasteiger partial charge in [0, 0.05) is 32.8 Å². The van der Waals surface area contributed by atoms with E-state index in [-0.39, 0.29) is 0 Å². The Labute approximate surface area is 127 Å². The van der Waals surface area contributed by atoms with Gasteiger partial charge >= 0.3 is 0 Å². The van der Waals surface area contributed by atoms with Crippen LogP contribution in [-0.4, -0.2) is 61.0 Å². The lowest BCUT2D eigenvalue weighted by Gasteiger charge is -2.36. The Hall–Kier alpha value is -0.810. The molecule has 1 aliphatic carbocycles. The Balaban J connectivity index is 1.62. The van der Waals surface area contributed by atoms with Crippen molar-refractivity contribution < 1.29 is 9.84 Å². The third-order valence-corrected chi connectivity index (χ3v) is 5.43. The molecule has 2 saturated heterocycles. The average molecular weight is 295 g/mol. The topological polar surface area (TPSA) is 57.1 Å². The van der Waals surface area contributed by atoms with Crippen molar-refractivity contribution >= 4 is 5.96 Å². The maximum absolute atomic E-state index is 10.2. The Morgan fingerprint density at radius 2 is 2.00 bits per heavy atom. The first-order chi connectivity index (χ1) is 10.1. The van der Waals surface area contributed by atoms with Crippen molar-refractivity contribution in [1.29, 1.82) is 0 Å². The summed E-state index contributed by atoms with van der Waals surface area (Å²) in [6.07, 6.45) is 6.52. The van der Waals surface area contributed by atoms with Gasteiger partial charge in [0.15, 0.2) is 5.96 Å². The number of aliphatic hydroxyl groups is 1. The number of nitrogens with one attached hydrogen (secondary N) is 1. The number of aliphatic imine (C=N–C) groups is 1. The van der Waals surface area contributed by atoms with Gasteiger partial charge in [-0.3, -0.25) is 4.99 Å². The van der Waals surface area contributed by atoms with Gasteiger partial charge in [-0.15, -0.1) is 0 Å². The maximum atomic E-state index is 10.2. The van der Waals surface area contributed by atoms with E-state index in [1.54, 1.807) is 0 Å². The van der Waals surface area contributed by atoms with E-state index in [9.17, 15) is 5.11 Å². The third-order valence-electron chi connectivity index (χ3n) is 5.43. The summed E-state index contributed by atoms with van der Waals surface area (Å²) in [6, 6.07) is 0. The standard InChI is InChI=1S/C16H29N3O2/c1-2-17-14(18-12-16(20)4-3-5-16)19-9-6-15(13-19)7-10-21-11-8-15/h20H,2-13H2,1H3,(H,17,18). The first kappa shape index (κ1) is 15.1. The Morgan fingerprint density at radius 3 is 2.62 bits per heavy atom. The van der Waals surface area contributed by atoms with E-state index in [1.165, 1.54) is 19.3 Å². The van der Waals surface area contributed by atoms with E-state index < -0.39 is 5.60 Å². The number of likely N-dealkylation sites (tertiary alicyclic amines) is 1.